The van der Waals surface area contributed by atoms with E-state index in [1.165, 1.54) is 0 Å². The van der Waals surface area contributed by atoms with Crippen molar-refractivity contribution in [3.63, 3.8) is 0 Å². The number of benzene rings is 9. The summed E-state index contributed by atoms with van der Waals surface area (Å²) in [7, 11) is 0. The molecule has 0 aliphatic heterocycles. The Hall–Kier alpha value is -8.25. The van der Waals surface area contributed by atoms with Gasteiger partial charge in [-0.2, -0.15) is 10.5 Å². The van der Waals surface area contributed by atoms with Crippen molar-refractivity contribution in [1.82, 2.24) is 4.98 Å². The van der Waals surface area contributed by atoms with E-state index >= 15 is 0 Å². The van der Waals surface area contributed by atoms with E-state index in [0.717, 1.165) is 83.0 Å². The summed E-state index contributed by atoms with van der Waals surface area (Å²) < 4.78 is 0. The summed E-state index contributed by atoms with van der Waals surface area (Å²) in [6.07, 6.45) is 1.79. The van der Waals surface area contributed by atoms with Gasteiger partial charge in [0.15, 0.2) is 0 Å². The monoisotopic (exact) mass is 739 g/mol. The van der Waals surface area contributed by atoms with Crippen LogP contribution in [0.5, 0.6) is 0 Å². The summed E-state index contributed by atoms with van der Waals surface area (Å²) in [5.41, 5.74) is 9.57. The molecular formula is C53H33N5. The molecule has 0 atom stereocenters. The average molecular weight is 740 g/mol. The third-order valence-corrected chi connectivity index (χ3v) is 10.9. The number of anilines is 6. The molecule has 0 aliphatic carbocycles. The van der Waals surface area contributed by atoms with Gasteiger partial charge in [0.25, 0.3) is 0 Å². The highest BCUT2D eigenvalue weighted by Crippen LogP contribution is 2.48. The van der Waals surface area contributed by atoms with Crippen LogP contribution < -0.4 is 9.80 Å². The molecule has 0 unspecified atom stereocenters. The summed E-state index contributed by atoms with van der Waals surface area (Å²) in [5.74, 6) is 0.709. The number of hydrogen-bond donors (Lipinski definition) is 0. The molecule has 9 aromatic carbocycles. The van der Waals surface area contributed by atoms with Crippen LogP contribution in [0.2, 0.25) is 0 Å². The minimum Gasteiger partial charge on any atom is -0.309 e. The first-order valence-electron chi connectivity index (χ1n) is 19.2. The van der Waals surface area contributed by atoms with E-state index in [9.17, 15) is 10.5 Å². The number of rotatable bonds is 8. The van der Waals surface area contributed by atoms with Crippen LogP contribution in [0.15, 0.2) is 200 Å². The van der Waals surface area contributed by atoms with Crippen LogP contribution in [0.3, 0.4) is 0 Å². The van der Waals surface area contributed by atoms with Crippen molar-refractivity contribution < 1.29 is 0 Å². The van der Waals surface area contributed by atoms with Gasteiger partial charge in [0.05, 0.1) is 33.9 Å². The van der Waals surface area contributed by atoms with E-state index in [-0.39, 0.29) is 0 Å². The number of pyridine rings is 1. The van der Waals surface area contributed by atoms with Crippen LogP contribution in [0.4, 0.5) is 34.3 Å². The molecule has 0 radical (unpaired) electrons. The second kappa shape index (κ2) is 14.4. The van der Waals surface area contributed by atoms with Crippen molar-refractivity contribution in [2.45, 2.75) is 0 Å². The zero-order chi connectivity index (χ0) is 39.0. The number of hydrogen-bond acceptors (Lipinski definition) is 5. The van der Waals surface area contributed by atoms with Gasteiger partial charge in [0.2, 0.25) is 0 Å². The highest BCUT2D eigenvalue weighted by molar-refractivity contribution is 6.28. The lowest BCUT2D eigenvalue weighted by atomic mass is 9.91. The maximum Gasteiger partial charge on any atom is 0.137 e. The molecular weight excluding hydrogens is 707 g/mol. The summed E-state index contributed by atoms with van der Waals surface area (Å²) in [5, 5.41) is 27.8. The molecule has 0 fully saturated rings. The highest BCUT2D eigenvalue weighted by atomic mass is 15.2. The molecule has 1 aromatic heterocycles. The van der Waals surface area contributed by atoms with Crippen LogP contribution in [-0.4, -0.2) is 4.98 Å². The molecule has 10 aromatic rings. The number of nitrogens with zero attached hydrogens (tertiary/aromatic N) is 5. The quantitative estimate of drug-likeness (QED) is 0.145. The van der Waals surface area contributed by atoms with E-state index in [1.54, 1.807) is 6.20 Å². The summed E-state index contributed by atoms with van der Waals surface area (Å²) in [6.45, 7) is 0. The Labute approximate surface area is 336 Å². The molecule has 0 amide bonds. The topological polar surface area (TPSA) is 67.0 Å². The van der Waals surface area contributed by atoms with E-state index in [4.69, 9.17) is 4.98 Å². The predicted octanol–water partition coefficient (Wildman–Crippen LogP) is 14.0. The lowest BCUT2D eigenvalue weighted by Crippen LogP contribution is -2.14. The SMILES string of the molecule is N#Cc1cc(-c2ccccc2)ccc1N(c1ccccc1)c1ccc2ccc3c(N(c4ccccn4)c4ccc(-c5ccccc5)cc4C#N)ccc4ccc1c2c43. The van der Waals surface area contributed by atoms with Crippen molar-refractivity contribution in [2.24, 2.45) is 0 Å². The van der Waals surface area contributed by atoms with Crippen LogP contribution in [-0.2, 0) is 0 Å². The van der Waals surface area contributed by atoms with Crippen molar-refractivity contribution in [3.8, 4) is 34.4 Å². The van der Waals surface area contributed by atoms with Gasteiger partial charge >= 0.3 is 0 Å². The lowest BCUT2D eigenvalue weighted by molar-refractivity contribution is 1.18. The second-order valence-corrected chi connectivity index (χ2v) is 14.2. The molecule has 0 bridgehead atoms. The van der Waals surface area contributed by atoms with Gasteiger partial charge < -0.3 is 4.90 Å². The Kier molecular flexibility index (Phi) is 8.53. The number of aromatic nitrogens is 1. The van der Waals surface area contributed by atoms with Gasteiger partial charge in [-0.15, -0.1) is 0 Å². The first-order valence-corrected chi connectivity index (χ1v) is 19.2. The third-order valence-electron chi connectivity index (χ3n) is 10.9. The highest BCUT2D eigenvalue weighted by Gasteiger charge is 2.24. The van der Waals surface area contributed by atoms with Gasteiger partial charge in [-0.25, -0.2) is 4.98 Å². The molecule has 270 valence electrons. The molecule has 1 heterocycles. The zero-order valence-electron chi connectivity index (χ0n) is 31.3. The fraction of sp³-hybridized carbons (Fsp3) is 0. The Balaban J connectivity index is 1.19. The zero-order valence-corrected chi connectivity index (χ0v) is 31.3. The second-order valence-electron chi connectivity index (χ2n) is 14.2. The first-order chi connectivity index (χ1) is 28.7. The van der Waals surface area contributed by atoms with Crippen LogP contribution in [0.25, 0.3) is 54.6 Å². The van der Waals surface area contributed by atoms with Gasteiger partial charge in [-0.3, -0.25) is 4.90 Å². The normalized spacial score (nSPS) is 11.1. The summed E-state index contributed by atoms with van der Waals surface area (Å²) in [6, 6.07) is 71.0. The molecule has 5 nitrogen and oxygen atoms in total. The molecule has 0 spiro atoms. The molecule has 0 saturated carbocycles. The van der Waals surface area contributed by atoms with Gasteiger partial charge in [-0.1, -0.05) is 133 Å². The van der Waals surface area contributed by atoms with E-state index in [0.29, 0.717) is 16.9 Å². The molecule has 0 N–H and O–H groups in total. The van der Waals surface area contributed by atoms with E-state index in [2.05, 4.69) is 125 Å². The summed E-state index contributed by atoms with van der Waals surface area (Å²) in [4.78, 5) is 9.13. The number of nitriles is 2. The Bertz CT molecular complexity index is 2970. The van der Waals surface area contributed by atoms with Crippen LogP contribution in [0, 0.1) is 22.7 Å². The maximum atomic E-state index is 10.6. The fourth-order valence-electron chi connectivity index (χ4n) is 8.27. The van der Waals surface area contributed by atoms with E-state index in [1.807, 2.05) is 91.0 Å². The minimum absolute atomic E-state index is 0.546. The standard InChI is InChI=1S/C53H33N5/c54-34-42-32-40(36-12-4-1-5-13-36)23-27-47(42)57(44-16-8-3-9-17-44)49-29-21-38-20-26-46-50(30-22-39-19-25-45(49)52(38)53(39)46)58(51-18-10-11-31-56-51)48-28-24-41(33-43(48)35-55)37-14-6-2-7-15-37/h1-33H. The Morgan fingerprint density at radius 2 is 0.828 bits per heavy atom. The van der Waals surface area contributed by atoms with Crippen molar-refractivity contribution in [2.75, 3.05) is 9.80 Å². The maximum absolute atomic E-state index is 10.6. The Morgan fingerprint density at radius 1 is 0.379 bits per heavy atom. The minimum atomic E-state index is 0.546. The fourth-order valence-corrected chi connectivity index (χ4v) is 8.27. The average Bonchev–Trinajstić information content (AvgIpc) is 3.30. The van der Waals surface area contributed by atoms with Crippen molar-refractivity contribution in [1.29, 1.82) is 10.5 Å². The number of para-hydroxylation sites is 1. The third kappa shape index (κ3) is 5.83. The lowest BCUT2D eigenvalue weighted by Gasteiger charge is -2.29. The molecule has 5 heteroatoms. The van der Waals surface area contributed by atoms with Crippen LogP contribution in [0.1, 0.15) is 11.1 Å². The molecule has 0 saturated heterocycles. The van der Waals surface area contributed by atoms with Crippen molar-refractivity contribution >= 4 is 66.6 Å². The Morgan fingerprint density at radius 3 is 1.33 bits per heavy atom. The summed E-state index contributed by atoms with van der Waals surface area (Å²) >= 11 is 0. The predicted molar refractivity (Wildman–Crippen MR) is 238 cm³/mol. The van der Waals surface area contributed by atoms with E-state index < -0.39 is 0 Å². The molecule has 0 aliphatic rings. The van der Waals surface area contributed by atoms with Crippen molar-refractivity contribution in [3.05, 3.63) is 211 Å². The van der Waals surface area contributed by atoms with Gasteiger partial charge in [0, 0.05) is 22.7 Å². The smallest absolute Gasteiger partial charge is 0.137 e. The molecule has 10 rings (SSSR count). The van der Waals surface area contributed by atoms with Crippen LogP contribution >= 0.6 is 0 Å². The van der Waals surface area contributed by atoms with Gasteiger partial charge in [0.1, 0.15) is 18.0 Å². The first kappa shape index (κ1) is 34.3. The molecule has 58 heavy (non-hydrogen) atoms. The van der Waals surface area contributed by atoms with Gasteiger partial charge in [-0.05, 0) is 104 Å². The largest absolute Gasteiger partial charge is 0.309 e.